The lowest BCUT2D eigenvalue weighted by Gasteiger charge is -2.34. The summed E-state index contributed by atoms with van der Waals surface area (Å²) in [4.78, 5) is 22.0. The Hall–Kier alpha value is -2.49. The smallest absolute Gasteiger partial charge is 0.410 e. The predicted molar refractivity (Wildman–Crippen MR) is 101 cm³/mol. The molecule has 152 valence electrons. The summed E-state index contributed by atoms with van der Waals surface area (Å²) in [5, 5.41) is 3.03. The minimum Gasteiger partial charge on any atom is -0.444 e. The zero-order valence-corrected chi connectivity index (χ0v) is 17.0. The number of thiol groups is 1. The van der Waals surface area contributed by atoms with E-state index in [1.165, 1.54) is 0 Å². The number of ether oxygens (including phenoxy) is 1. The Morgan fingerprint density at radius 3 is 2.46 bits per heavy atom. The van der Waals surface area contributed by atoms with Gasteiger partial charge in [0.25, 0.3) is 0 Å². The van der Waals surface area contributed by atoms with E-state index < -0.39 is 21.6 Å². The number of carbonyl (C=O) groups is 1. The zero-order chi connectivity index (χ0) is 20.3. The SMILES string of the molecule is CC(C)(C)OC(=O)N1CCC(C(c2nc(-c3ccncc3)no2)[SH](=O)=O)CC1. The van der Waals surface area contributed by atoms with E-state index in [2.05, 4.69) is 15.1 Å². The second-order valence-electron chi connectivity index (χ2n) is 7.73. The Morgan fingerprint density at radius 1 is 1.25 bits per heavy atom. The quantitative estimate of drug-likeness (QED) is 0.767. The number of likely N-dealkylation sites (tertiary alicyclic amines) is 1. The second-order valence-corrected chi connectivity index (χ2v) is 8.85. The van der Waals surface area contributed by atoms with E-state index in [1.807, 2.05) is 20.8 Å². The highest BCUT2D eigenvalue weighted by molar-refractivity contribution is 7.72. The number of piperidine rings is 1. The van der Waals surface area contributed by atoms with Crippen LogP contribution in [0.3, 0.4) is 0 Å². The summed E-state index contributed by atoms with van der Waals surface area (Å²) in [7, 11) is -2.81. The number of rotatable bonds is 4. The molecule has 1 atom stereocenters. The van der Waals surface area contributed by atoms with Gasteiger partial charge in [0.2, 0.25) is 11.7 Å². The van der Waals surface area contributed by atoms with Crippen molar-refractivity contribution < 1.29 is 22.5 Å². The summed E-state index contributed by atoms with van der Waals surface area (Å²) in [5.74, 6) is 0.203. The second kappa shape index (κ2) is 8.26. The number of aromatic nitrogens is 3. The van der Waals surface area contributed by atoms with E-state index in [-0.39, 0.29) is 17.9 Å². The van der Waals surface area contributed by atoms with Crippen molar-refractivity contribution in [2.24, 2.45) is 5.92 Å². The first kappa shape index (κ1) is 20.2. The molecule has 28 heavy (non-hydrogen) atoms. The van der Waals surface area contributed by atoms with Gasteiger partial charge in [0.1, 0.15) is 10.9 Å². The Morgan fingerprint density at radius 2 is 1.89 bits per heavy atom. The number of hydrogen-bond acceptors (Lipinski definition) is 8. The Kier molecular flexibility index (Phi) is 5.97. The van der Waals surface area contributed by atoms with Gasteiger partial charge >= 0.3 is 6.09 Å². The maximum absolute atomic E-state index is 12.2. The van der Waals surface area contributed by atoms with Gasteiger partial charge in [-0.3, -0.25) is 4.98 Å². The lowest BCUT2D eigenvalue weighted by molar-refractivity contribution is 0.0180. The van der Waals surface area contributed by atoms with Crippen molar-refractivity contribution in [2.75, 3.05) is 13.1 Å². The lowest BCUT2D eigenvalue weighted by atomic mass is 9.93. The molecular weight excluding hydrogens is 384 g/mol. The molecular formula is C18H24N4O5S. The summed E-state index contributed by atoms with van der Waals surface area (Å²) in [6.45, 7) is 6.28. The van der Waals surface area contributed by atoms with Crippen LogP contribution in [-0.2, 0) is 15.4 Å². The molecule has 1 saturated heterocycles. The fraction of sp³-hybridized carbons (Fsp3) is 0.556. The van der Waals surface area contributed by atoms with Crippen molar-refractivity contribution in [3.05, 3.63) is 30.4 Å². The normalized spacial score (nSPS) is 16.9. The summed E-state index contributed by atoms with van der Waals surface area (Å²) in [6.07, 6.45) is 3.85. The van der Waals surface area contributed by atoms with Crippen molar-refractivity contribution in [1.82, 2.24) is 20.0 Å². The molecule has 1 unspecified atom stereocenters. The third-order valence-electron chi connectivity index (χ3n) is 4.50. The molecule has 2 aromatic rings. The van der Waals surface area contributed by atoms with Gasteiger partial charge in [0, 0.05) is 31.0 Å². The van der Waals surface area contributed by atoms with Crippen LogP contribution >= 0.6 is 0 Å². The summed E-state index contributed by atoms with van der Waals surface area (Å²) in [6, 6.07) is 3.44. The molecule has 0 aliphatic carbocycles. The minimum atomic E-state index is -2.81. The number of hydrogen-bond donors (Lipinski definition) is 1. The van der Waals surface area contributed by atoms with E-state index >= 15 is 0 Å². The molecule has 0 aromatic carbocycles. The molecule has 1 amide bonds. The van der Waals surface area contributed by atoms with Gasteiger partial charge in [-0.05, 0) is 51.7 Å². The highest BCUT2D eigenvalue weighted by Crippen LogP contribution is 2.34. The highest BCUT2D eigenvalue weighted by atomic mass is 32.2. The number of pyridine rings is 1. The van der Waals surface area contributed by atoms with Crippen molar-refractivity contribution >= 4 is 16.8 Å². The summed E-state index contributed by atoms with van der Waals surface area (Å²) < 4.78 is 34.5. The fourth-order valence-electron chi connectivity index (χ4n) is 3.16. The first-order chi connectivity index (χ1) is 13.2. The topological polar surface area (TPSA) is 115 Å². The average molecular weight is 408 g/mol. The summed E-state index contributed by atoms with van der Waals surface area (Å²) >= 11 is 0. The molecule has 3 heterocycles. The van der Waals surface area contributed by atoms with Crippen LogP contribution in [0.5, 0.6) is 0 Å². The van der Waals surface area contributed by atoms with E-state index in [9.17, 15) is 13.2 Å². The third-order valence-corrected chi connectivity index (χ3v) is 5.59. The van der Waals surface area contributed by atoms with Gasteiger partial charge in [-0.1, -0.05) is 5.16 Å². The van der Waals surface area contributed by atoms with Gasteiger partial charge in [-0.25, -0.2) is 13.2 Å². The van der Waals surface area contributed by atoms with Crippen molar-refractivity contribution in [3.8, 4) is 11.4 Å². The van der Waals surface area contributed by atoms with Crippen LogP contribution in [0.4, 0.5) is 4.79 Å². The van der Waals surface area contributed by atoms with E-state index in [1.54, 1.807) is 29.4 Å². The van der Waals surface area contributed by atoms with Gasteiger partial charge < -0.3 is 14.2 Å². The maximum atomic E-state index is 12.2. The van der Waals surface area contributed by atoms with Crippen LogP contribution in [0.1, 0.15) is 44.8 Å². The van der Waals surface area contributed by atoms with Crippen LogP contribution in [-0.4, -0.2) is 53.2 Å². The first-order valence-electron chi connectivity index (χ1n) is 9.10. The lowest BCUT2D eigenvalue weighted by Crippen LogP contribution is -2.42. The van der Waals surface area contributed by atoms with Crippen LogP contribution in [0.15, 0.2) is 29.0 Å². The molecule has 0 bridgehead atoms. The molecule has 3 rings (SSSR count). The largest absolute Gasteiger partial charge is 0.444 e. The van der Waals surface area contributed by atoms with Gasteiger partial charge in [0.05, 0.1) is 0 Å². The van der Waals surface area contributed by atoms with Crippen LogP contribution in [0.25, 0.3) is 11.4 Å². The number of nitrogens with zero attached hydrogens (tertiary/aromatic N) is 4. The van der Waals surface area contributed by atoms with Crippen molar-refractivity contribution in [3.63, 3.8) is 0 Å². The highest BCUT2D eigenvalue weighted by Gasteiger charge is 2.36. The Balaban J connectivity index is 1.70. The molecule has 2 aromatic heterocycles. The molecule has 9 nitrogen and oxygen atoms in total. The number of carbonyl (C=O) groups excluding carboxylic acids is 1. The van der Waals surface area contributed by atoms with E-state index in [4.69, 9.17) is 9.26 Å². The van der Waals surface area contributed by atoms with Gasteiger partial charge in [0.15, 0.2) is 10.7 Å². The van der Waals surface area contributed by atoms with Gasteiger partial charge in [-0.2, -0.15) is 4.98 Å². The monoisotopic (exact) mass is 408 g/mol. The molecule has 1 aliphatic heterocycles. The molecule has 1 aliphatic rings. The standard InChI is InChI=1S/C18H24N4O5S/c1-18(2,3)26-17(23)22-10-6-12(7-11-22)14(28(24)25)16-20-15(21-27-16)13-4-8-19-9-5-13/h4-5,8-9,12,14,28H,6-7,10-11H2,1-3H3. The minimum absolute atomic E-state index is 0.0821. The van der Waals surface area contributed by atoms with Crippen LogP contribution in [0, 0.1) is 5.92 Å². The molecule has 1 fully saturated rings. The van der Waals surface area contributed by atoms with Crippen LogP contribution < -0.4 is 0 Å². The molecule has 0 saturated carbocycles. The zero-order valence-electron chi connectivity index (χ0n) is 16.1. The van der Waals surface area contributed by atoms with E-state index in [0.29, 0.717) is 37.3 Å². The Bertz CT molecular complexity index is 875. The van der Waals surface area contributed by atoms with Crippen LogP contribution in [0.2, 0.25) is 0 Å². The summed E-state index contributed by atoms with van der Waals surface area (Å²) in [5.41, 5.74) is 0.131. The molecule has 10 heteroatoms. The maximum Gasteiger partial charge on any atom is 0.410 e. The first-order valence-corrected chi connectivity index (χ1v) is 10.3. The van der Waals surface area contributed by atoms with Crippen molar-refractivity contribution in [2.45, 2.75) is 44.5 Å². The average Bonchev–Trinajstić information content (AvgIpc) is 3.11. The van der Waals surface area contributed by atoms with Crippen molar-refractivity contribution in [1.29, 1.82) is 0 Å². The number of amides is 1. The molecule has 0 radical (unpaired) electrons. The third kappa shape index (κ3) is 4.86. The Labute approximate surface area is 165 Å². The fourth-order valence-corrected chi connectivity index (χ4v) is 4.09. The predicted octanol–water partition coefficient (Wildman–Crippen LogP) is 2.43. The van der Waals surface area contributed by atoms with Gasteiger partial charge in [-0.15, -0.1) is 0 Å². The molecule has 0 N–H and O–H groups in total. The van der Waals surface area contributed by atoms with E-state index in [0.717, 1.165) is 0 Å². The molecule has 0 spiro atoms.